The monoisotopic (exact) mass is 279 g/mol. The number of hydrogen-bond donors (Lipinski definition) is 2. The lowest BCUT2D eigenvalue weighted by atomic mass is 10.1. The number of nitrogens with one attached hydrogen (secondary N) is 1. The van der Waals surface area contributed by atoms with Gasteiger partial charge in [-0.3, -0.25) is 14.9 Å². The first kappa shape index (κ1) is 16.1. The Balaban J connectivity index is 2.32. The maximum atomic E-state index is 11.6. The third kappa shape index (κ3) is 5.79. The van der Waals surface area contributed by atoms with Crippen LogP contribution in [0.2, 0.25) is 0 Å². The van der Waals surface area contributed by atoms with Gasteiger partial charge >= 0.3 is 0 Å². The molecule has 1 aromatic rings. The van der Waals surface area contributed by atoms with Crippen molar-refractivity contribution in [3.05, 3.63) is 39.9 Å². The molecule has 0 spiro atoms. The summed E-state index contributed by atoms with van der Waals surface area (Å²) in [6, 6.07) is 6.43. The summed E-state index contributed by atoms with van der Waals surface area (Å²) in [4.78, 5) is 22.0. The molecule has 0 aromatic heterocycles. The molecule has 1 rings (SSSR count). The van der Waals surface area contributed by atoms with Crippen molar-refractivity contribution in [2.75, 3.05) is 6.54 Å². The van der Waals surface area contributed by atoms with E-state index in [2.05, 4.69) is 5.32 Å². The average molecular weight is 279 g/mol. The summed E-state index contributed by atoms with van der Waals surface area (Å²) >= 11 is 0. The number of nitro benzene ring substituents is 1. The zero-order valence-electron chi connectivity index (χ0n) is 11.5. The summed E-state index contributed by atoms with van der Waals surface area (Å²) in [5, 5.41) is 13.5. The summed E-state index contributed by atoms with van der Waals surface area (Å²) in [7, 11) is 0. The number of nitro groups is 1. The molecule has 6 nitrogen and oxygen atoms in total. The fourth-order valence-corrected chi connectivity index (χ4v) is 1.90. The van der Waals surface area contributed by atoms with Gasteiger partial charge in [-0.15, -0.1) is 0 Å². The lowest BCUT2D eigenvalue weighted by molar-refractivity contribution is -0.385. The Hall–Kier alpha value is -1.95. The number of carbonyl (C=O) groups is 1. The van der Waals surface area contributed by atoms with Gasteiger partial charge in [0.15, 0.2) is 0 Å². The van der Waals surface area contributed by atoms with Crippen LogP contribution in [0.15, 0.2) is 24.3 Å². The highest BCUT2D eigenvalue weighted by atomic mass is 16.6. The van der Waals surface area contributed by atoms with E-state index in [1.54, 1.807) is 18.2 Å². The highest BCUT2D eigenvalue weighted by Crippen LogP contribution is 2.17. The summed E-state index contributed by atoms with van der Waals surface area (Å²) < 4.78 is 0. The molecule has 0 unspecified atom stereocenters. The van der Waals surface area contributed by atoms with Gasteiger partial charge in [0.25, 0.3) is 5.69 Å². The van der Waals surface area contributed by atoms with E-state index in [4.69, 9.17) is 5.73 Å². The number of rotatable bonds is 9. The molecule has 3 N–H and O–H groups in total. The van der Waals surface area contributed by atoms with Crippen molar-refractivity contribution in [1.82, 2.24) is 5.32 Å². The fourth-order valence-electron chi connectivity index (χ4n) is 1.90. The van der Waals surface area contributed by atoms with Gasteiger partial charge in [-0.25, -0.2) is 0 Å². The van der Waals surface area contributed by atoms with Gasteiger partial charge in [0.1, 0.15) is 0 Å². The Bertz CT molecular complexity index is 449. The third-order valence-corrected chi connectivity index (χ3v) is 3.02. The van der Waals surface area contributed by atoms with E-state index in [-0.39, 0.29) is 18.1 Å². The molecule has 0 aliphatic heterocycles. The zero-order chi connectivity index (χ0) is 14.8. The highest BCUT2D eigenvalue weighted by Gasteiger charge is 2.12. The zero-order valence-corrected chi connectivity index (χ0v) is 11.5. The van der Waals surface area contributed by atoms with E-state index in [1.807, 2.05) is 0 Å². The van der Waals surface area contributed by atoms with Crippen LogP contribution in [0.3, 0.4) is 0 Å². The van der Waals surface area contributed by atoms with Gasteiger partial charge < -0.3 is 11.1 Å². The standard InChI is InChI=1S/C14H21N3O3/c15-10-6-2-1-3-9-14(18)16-11-12-7-4-5-8-13(12)17(19)20/h4-5,7-8H,1-3,6,9-11,15H2,(H,16,18). The molecule has 0 bridgehead atoms. The Morgan fingerprint density at radius 1 is 1.20 bits per heavy atom. The maximum Gasteiger partial charge on any atom is 0.274 e. The summed E-state index contributed by atoms with van der Waals surface area (Å²) in [6.07, 6.45) is 4.27. The minimum absolute atomic E-state index is 0.0377. The molecule has 110 valence electrons. The second-order valence-electron chi connectivity index (χ2n) is 4.62. The van der Waals surface area contributed by atoms with Crippen molar-refractivity contribution >= 4 is 11.6 Å². The smallest absolute Gasteiger partial charge is 0.274 e. The molecule has 0 heterocycles. The van der Waals surface area contributed by atoms with Crippen LogP contribution >= 0.6 is 0 Å². The Morgan fingerprint density at radius 2 is 1.90 bits per heavy atom. The maximum absolute atomic E-state index is 11.6. The average Bonchev–Trinajstić information content (AvgIpc) is 2.45. The number of hydrogen-bond acceptors (Lipinski definition) is 4. The lowest BCUT2D eigenvalue weighted by Crippen LogP contribution is -2.22. The van der Waals surface area contributed by atoms with Crippen molar-refractivity contribution in [3.63, 3.8) is 0 Å². The van der Waals surface area contributed by atoms with E-state index in [1.165, 1.54) is 6.07 Å². The third-order valence-electron chi connectivity index (χ3n) is 3.02. The van der Waals surface area contributed by atoms with Crippen LogP contribution in [0.4, 0.5) is 5.69 Å². The van der Waals surface area contributed by atoms with Crippen LogP contribution in [0.5, 0.6) is 0 Å². The molecule has 0 fully saturated rings. The van der Waals surface area contributed by atoms with E-state index in [0.717, 1.165) is 25.7 Å². The normalized spacial score (nSPS) is 10.2. The predicted octanol–water partition coefficient (Wildman–Crippen LogP) is 2.12. The predicted molar refractivity (Wildman–Crippen MR) is 77.1 cm³/mol. The number of nitrogens with zero attached hydrogens (tertiary/aromatic N) is 1. The second-order valence-corrected chi connectivity index (χ2v) is 4.62. The van der Waals surface area contributed by atoms with Gasteiger partial charge in [0, 0.05) is 24.6 Å². The number of nitrogens with two attached hydrogens (primary N) is 1. The van der Waals surface area contributed by atoms with Crippen LogP contribution in [0, 0.1) is 10.1 Å². The van der Waals surface area contributed by atoms with Crippen molar-refractivity contribution in [2.24, 2.45) is 5.73 Å². The minimum Gasteiger partial charge on any atom is -0.352 e. The van der Waals surface area contributed by atoms with Gasteiger partial charge in [-0.05, 0) is 19.4 Å². The Labute approximate surface area is 118 Å². The second kappa shape index (κ2) is 9.03. The number of unbranched alkanes of at least 4 members (excludes halogenated alkanes) is 3. The van der Waals surface area contributed by atoms with Crippen LogP contribution in [0.25, 0.3) is 0 Å². The van der Waals surface area contributed by atoms with E-state index >= 15 is 0 Å². The van der Waals surface area contributed by atoms with Crippen molar-refractivity contribution in [1.29, 1.82) is 0 Å². The van der Waals surface area contributed by atoms with Crippen LogP contribution in [-0.4, -0.2) is 17.4 Å². The number of carbonyl (C=O) groups excluding carboxylic acids is 1. The molecule has 0 aliphatic carbocycles. The number of amides is 1. The van der Waals surface area contributed by atoms with Gasteiger partial charge in [0.2, 0.25) is 5.91 Å². The molecular formula is C14H21N3O3. The van der Waals surface area contributed by atoms with Crippen molar-refractivity contribution < 1.29 is 9.72 Å². The van der Waals surface area contributed by atoms with Gasteiger partial charge in [0.05, 0.1) is 4.92 Å². The van der Waals surface area contributed by atoms with Gasteiger partial charge in [-0.2, -0.15) is 0 Å². The quantitative estimate of drug-likeness (QED) is 0.411. The lowest BCUT2D eigenvalue weighted by Gasteiger charge is -2.06. The molecule has 0 saturated carbocycles. The highest BCUT2D eigenvalue weighted by molar-refractivity contribution is 5.75. The summed E-state index contributed by atoms with van der Waals surface area (Å²) in [5.74, 6) is -0.0732. The van der Waals surface area contributed by atoms with Crippen molar-refractivity contribution in [2.45, 2.75) is 38.6 Å². The topological polar surface area (TPSA) is 98.3 Å². The first-order chi connectivity index (χ1) is 9.65. The Morgan fingerprint density at radius 3 is 2.60 bits per heavy atom. The molecule has 1 aromatic carbocycles. The molecule has 0 atom stereocenters. The largest absolute Gasteiger partial charge is 0.352 e. The molecule has 0 aliphatic rings. The molecule has 6 heteroatoms. The SMILES string of the molecule is NCCCCCCC(=O)NCc1ccccc1[N+](=O)[O-]. The van der Waals surface area contributed by atoms with Crippen molar-refractivity contribution in [3.8, 4) is 0 Å². The number of benzene rings is 1. The summed E-state index contributed by atoms with van der Waals surface area (Å²) in [6.45, 7) is 0.878. The first-order valence-electron chi connectivity index (χ1n) is 6.84. The summed E-state index contributed by atoms with van der Waals surface area (Å²) in [5.41, 5.74) is 5.95. The van der Waals surface area contributed by atoms with Gasteiger partial charge in [-0.1, -0.05) is 31.0 Å². The van der Waals surface area contributed by atoms with E-state index in [9.17, 15) is 14.9 Å². The molecule has 0 radical (unpaired) electrons. The molecule has 0 saturated heterocycles. The van der Waals surface area contributed by atoms with Crippen LogP contribution in [-0.2, 0) is 11.3 Å². The van der Waals surface area contributed by atoms with Crippen LogP contribution in [0.1, 0.15) is 37.7 Å². The minimum atomic E-state index is -0.436. The fraction of sp³-hybridized carbons (Fsp3) is 0.500. The van der Waals surface area contributed by atoms with E-state index < -0.39 is 4.92 Å². The Kier molecular flexibility index (Phi) is 7.27. The molecule has 20 heavy (non-hydrogen) atoms. The number of para-hydroxylation sites is 1. The molecule has 1 amide bonds. The first-order valence-corrected chi connectivity index (χ1v) is 6.84. The molecular weight excluding hydrogens is 258 g/mol. The van der Waals surface area contributed by atoms with E-state index in [0.29, 0.717) is 18.5 Å². The van der Waals surface area contributed by atoms with Crippen LogP contribution < -0.4 is 11.1 Å².